The first-order chi connectivity index (χ1) is 12.8. The Bertz CT molecular complexity index is 819. The highest BCUT2D eigenvalue weighted by Gasteiger charge is 2.44. The van der Waals surface area contributed by atoms with Crippen LogP contribution in [0.25, 0.3) is 11.3 Å². The molecule has 4 rings (SSSR count). The predicted molar refractivity (Wildman–Crippen MR) is 103 cm³/mol. The summed E-state index contributed by atoms with van der Waals surface area (Å²) in [7, 11) is 0. The number of amidine groups is 1. The fourth-order valence-electron chi connectivity index (χ4n) is 3.18. The average molecular weight is 371 g/mol. The van der Waals surface area contributed by atoms with Crippen molar-refractivity contribution in [1.82, 2.24) is 4.72 Å². The second-order valence-electron chi connectivity index (χ2n) is 6.19. The fourth-order valence-corrected chi connectivity index (χ4v) is 4.23. The van der Waals surface area contributed by atoms with Gasteiger partial charge < -0.3 is 19.2 Å². The zero-order valence-electron chi connectivity index (χ0n) is 14.5. The van der Waals surface area contributed by atoms with E-state index in [1.165, 1.54) is 0 Å². The Balaban J connectivity index is 1.39. The molecule has 0 bridgehead atoms. The molecule has 0 spiro atoms. The molecule has 7 heteroatoms. The van der Waals surface area contributed by atoms with Crippen LogP contribution in [-0.2, 0) is 9.53 Å². The lowest BCUT2D eigenvalue weighted by atomic mass is 10.2. The normalized spacial score (nSPS) is 21.8. The van der Waals surface area contributed by atoms with Gasteiger partial charge in [-0.3, -0.25) is 9.79 Å². The minimum atomic E-state index is -0.161. The van der Waals surface area contributed by atoms with E-state index in [1.54, 1.807) is 11.9 Å². The van der Waals surface area contributed by atoms with Crippen molar-refractivity contribution in [2.75, 3.05) is 18.5 Å². The molecule has 1 aromatic carbocycles. The van der Waals surface area contributed by atoms with E-state index in [-0.39, 0.29) is 17.3 Å². The van der Waals surface area contributed by atoms with Crippen LogP contribution in [0.1, 0.15) is 30.8 Å². The number of hydrogen-bond acceptors (Lipinski definition) is 6. The van der Waals surface area contributed by atoms with Gasteiger partial charge in [-0.15, -0.1) is 0 Å². The summed E-state index contributed by atoms with van der Waals surface area (Å²) in [6.45, 7) is 2.84. The highest BCUT2D eigenvalue weighted by atomic mass is 32.2. The molecule has 2 unspecified atom stereocenters. The Hall–Kier alpha value is -2.41. The fraction of sp³-hybridized carbons (Fsp3) is 0.368. The largest absolute Gasteiger partial charge is 0.466 e. The molecule has 2 aliphatic heterocycles. The lowest BCUT2D eigenvalue weighted by Crippen LogP contribution is -2.29. The molecular formula is C19H21N3O3S. The Morgan fingerprint density at radius 2 is 2.19 bits per heavy atom. The van der Waals surface area contributed by atoms with Gasteiger partial charge in [0.25, 0.3) is 0 Å². The molecule has 0 aliphatic carbocycles. The number of ether oxygens (including phenoxy) is 1. The van der Waals surface area contributed by atoms with E-state index in [0.29, 0.717) is 26.0 Å². The van der Waals surface area contributed by atoms with E-state index in [4.69, 9.17) is 9.15 Å². The third-order valence-corrected chi connectivity index (χ3v) is 5.47. The lowest BCUT2D eigenvalue weighted by molar-refractivity contribution is -0.143. The van der Waals surface area contributed by atoms with Crippen LogP contribution < -0.4 is 10.0 Å². The maximum atomic E-state index is 11.4. The van der Waals surface area contributed by atoms with Crippen molar-refractivity contribution in [3.63, 3.8) is 0 Å². The van der Waals surface area contributed by atoms with Crippen LogP contribution in [0.5, 0.6) is 0 Å². The number of furan rings is 1. The van der Waals surface area contributed by atoms with Crippen molar-refractivity contribution in [3.8, 4) is 11.3 Å². The molecular weight excluding hydrogens is 350 g/mol. The van der Waals surface area contributed by atoms with Crippen molar-refractivity contribution in [2.24, 2.45) is 4.99 Å². The van der Waals surface area contributed by atoms with E-state index in [2.05, 4.69) is 21.1 Å². The molecule has 2 aliphatic rings. The summed E-state index contributed by atoms with van der Waals surface area (Å²) in [5.41, 5.74) is 2.11. The Morgan fingerprint density at radius 1 is 1.35 bits per heavy atom. The number of anilines is 1. The second kappa shape index (κ2) is 7.45. The summed E-state index contributed by atoms with van der Waals surface area (Å²) in [5.74, 6) is 2.59. The van der Waals surface area contributed by atoms with Gasteiger partial charge in [0, 0.05) is 24.6 Å². The molecule has 1 aromatic heterocycles. The molecule has 0 radical (unpaired) electrons. The van der Waals surface area contributed by atoms with Crippen molar-refractivity contribution in [2.45, 2.75) is 31.1 Å². The highest BCUT2D eigenvalue weighted by Crippen LogP contribution is 2.48. The number of fused-ring (bicyclic) bond motifs is 3. The second-order valence-corrected chi connectivity index (χ2v) is 7.14. The summed E-state index contributed by atoms with van der Waals surface area (Å²) in [6, 6.07) is 12.3. The number of benzene rings is 1. The molecule has 26 heavy (non-hydrogen) atoms. The SMILES string of the molecule is CCOC(=O)CCCN=C1NSC2c3oc(-c4ccccc4)cc3NC12. The number of esters is 1. The van der Waals surface area contributed by atoms with Crippen molar-refractivity contribution < 1.29 is 13.9 Å². The Kier molecular flexibility index (Phi) is 4.88. The maximum absolute atomic E-state index is 11.4. The van der Waals surface area contributed by atoms with Crippen LogP contribution in [-0.4, -0.2) is 31.0 Å². The summed E-state index contributed by atoms with van der Waals surface area (Å²) in [6.07, 6.45) is 1.09. The standard InChI is InChI=1S/C19H21N3O3S/c1-2-24-15(23)9-6-10-20-19-16-18(26-22-19)17-13(21-16)11-14(25-17)12-7-4-3-5-8-12/h3-5,7-8,11,16,18,21H,2,6,9-10H2,1H3,(H,20,22). The Morgan fingerprint density at radius 3 is 3.00 bits per heavy atom. The van der Waals surface area contributed by atoms with Crippen LogP contribution in [0.2, 0.25) is 0 Å². The first-order valence-corrected chi connectivity index (χ1v) is 9.71. The molecule has 6 nitrogen and oxygen atoms in total. The number of nitrogens with zero attached hydrogens (tertiary/aromatic N) is 1. The van der Waals surface area contributed by atoms with E-state index in [9.17, 15) is 4.79 Å². The first kappa shape index (κ1) is 17.0. The average Bonchev–Trinajstić information content (AvgIpc) is 3.31. The van der Waals surface area contributed by atoms with Gasteiger partial charge in [-0.25, -0.2) is 0 Å². The molecule has 3 heterocycles. The van der Waals surface area contributed by atoms with Gasteiger partial charge in [-0.2, -0.15) is 0 Å². The highest BCUT2D eigenvalue weighted by molar-refractivity contribution is 7.98. The van der Waals surface area contributed by atoms with E-state index < -0.39 is 0 Å². The predicted octanol–water partition coefficient (Wildman–Crippen LogP) is 3.78. The van der Waals surface area contributed by atoms with Gasteiger partial charge in [0.1, 0.15) is 28.6 Å². The van der Waals surface area contributed by atoms with E-state index >= 15 is 0 Å². The molecule has 1 saturated heterocycles. The van der Waals surface area contributed by atoms with Crippen LogP contribution in [0.3, 0.4) is 0 Å². The van der Waals surface area contributed by atoms with Crippen LogP contribution in [0.15, 0.2) is 45.8 Å². The summed E-state index contributed by atoms with van der Waals surface area (Å²) >= 11 is 1.62. The van der Waals surface area contributed by atoms with Crippen LogP contribution in [0, 0.1) is 0 Å². The smallest absolute Gasteiger partial charge is 0.305 e. The molecule has 2 aromatic rings. The minimum Gasteiger partial charge on any atom is -0.466 e. The monoisotopic (exact) mass is 371 g/mol. The molecule has 0 amide bonds. The summed E-state index contributed by atoms with van der Waals surface area (Å²) < 4.78 is 14.3. The van der Waals surface area contributed by atoms with Gasteiger partial charge in [0.15, 0.2) is 0 Å². The van der Waals surface area contributed by atoms with Gasteiger partial charge >= 0.3 is 5.97 Å². The zero-order valence-corrected chi connectivity index (χ0v) is 15.3. The topological polar surface area (TPSA) is 75.9 Å². The van der Waals surface area contributed by atoms with Gasteiger partial charge in [-0.1, -0.05) is 30.3 Å². The Labute approximate surface area is 156 Å². The van der Waals surface area contributed by atoms with Gasteiger partial charge in [-0.05, 0) is 25.3 Å². The number of rotatable bonds is 6. The molecule has 1 fully saturated rings. The minimum absolute atomic E-state index is 0.0983. The zero-order chi connectivity index (χ0) is 17.9. The molecule has 136 valence electrons. The third kappa shape index (κ3) is 3.31. The van der Waals surface area contributed by atoms with Gasteiger partial charge in [0.2, 0.25) is 0 Å². The van der Waals surface area contributed by atoms with E-state index in [1.807, 2.05) is 37.3 Å². The number of carbonyl (C=O) groups is 1. The van der Waals surface area contributed by atoms with Crippen LogP contribution in [0.4, 0.5) is 5.69 Å². The lowest BCUT2D eigenvalue weighted by Gasteiger charge is -2.09. The van der Waals surface area contributed by atoms with Crippen molar-refractivity contribution in [1.29, 1.82) is 0 Å². The van der Waals surface area contributed by atoms with Gasteiger partial charge in [0.05, 0.1) is 12.3 Å². The number of carbonyl (C=O) groups excluding carboxylic acids is 1. The van der Waals surface area contributed by atoms with E-state index in [0.717, 1.165) is 28.6 Å². The summed E-state index contributed by atoms with van der Waals surface area (Å²) in [4.78, 5) is 16.0. The first-order valence-electron chi connectivity index (χ1n) is 8.83. The molecule has 2 N–H and O–H groups in total. The summed E-state index contributed by atoms with van der Waals surface area (Å²) in [5, 5.41) is 3.68. The van der Waals surface area contributed by atoms with Crippen molar-refractivity contribution >= 4 is 29.4 Å². The molecule has 2 atom stereocenters. The third-order valence-electron chi connectivity index (χ3n) is 4.40. The quantitative estimate of drug-likeness (QED) is 0.457. The van der Waals surface area contributed by atoms with Crippen LogP contribution >= 0.6 is 11.9 Å². The maximum Gasteiger partial charge on any atom is 0.305 e. The number of aliphatic imine (C=N–C) groups is 1. The number of hydrogen-bond donors (Lipinski definition) is 2. The van der Waals surface area contributed by atoms with Crippen molar-refractivity contribution in [3.05, 3.63) is 42.2 Å². The molecule has 0 saturated carbocycles. The number of nitrogens with one attached hydrogen (secondary N) is 2.